The van der Waals surface area contributed by atoms with Crippen LogP contribution in [-0.4, -0.2) is 54.4 Å². The number of rotatable bonds is 3. The third-order valence-corrected chi connectivity index (χ3v) is 3.28. The van der Waals surface area contributed by atoms with Crippen LogP contribution in [0.4, 0.5) is 0 Å². The molecule has 0 aromatic heterocycles. The Kier molecular flexibility index (Phi) is 4.35. The topological polar surface area (TPSA) is 26.7 Å². The van der Waals surface area contributed by atoms with Gasteiger partial charge in [0.2, 0.25) is 0 Å². The lowest BCUT2D eigenvalue weighted by Gasteiger charge is -2.38. The second-order valence-corrected chi connectivity index (χ2v) is 4.86. The first-order valence-corrected chi connectivity index (χ1v) is 5.61. The summed E-state index contributed by atoms with van der Waals surface area (Å²) in [4.78, 5) is 4.49. The second kappa shape index (κ2) is 5.10. The second-order valence-electron chi connectivity index (χ2n) is 4.86. The fourth-order valence-corrected chi connectivity index (χ4v) is 2.09. The quantitative estimate of drug-likeness (QED) is 0.688. The average Bonchev–Trinajstić information content (AvgIpc) is 2.16. The van der Waals surface area contributed by atoms with Gasteiger partial charge in [0.05, 0.1) is 0 Å². The number of aliphatic hydroxyl groups excluding tert-OH is 1. The molecule has 1 aliphatic rings. The van der Waals surface area contributed by atoms with E-state index in [1.165, 1.54) is 12.8 Å². The van der Waals surface area contributed by atoms with Gasteiger partial charge in [-0.05, 0) is 45.9 Å². The summed E-state index contributed by atoms with van der Waals surface area (Å²) < 4.78 is 0. The van der Waals surface area contributed by atoms with Crippen LogP contribution in [-0.2, 0) is 0 Å². The Bertz CT molecular complexity index is 165. The standard InChI is InChI=1S/C11H24N2O/c1-9(2)11(14)13(4)10-5-7-12(3)8-6-10/h9-11,14H,5-8H2,1-4H3. The van der Waals surface area contributed by atoms with Crippen LogP contribution in [0.1, 0.15) is 26.7 Å². The van der Waals surface area contributed by atoms with Crippen LogP contribution in [0.5, 0.6) is 0 Å². The molecule has 0 aliphatic carbocycles. The summed E-state index contributed by atoms with van der Waals surface area (Å²) >= 11 is 0. The number of aliphatic hydroxyl groups is 1. The van der Waals surface area contributed by atoms with Crippen molar-refractivity contribution in [2.24, 2.45) is 5.92 Å². The molecule has 1 fully saturated rings. The molecule has 0 radical (unpaired) electrons. The van der Waals surface area contributed by atoms with Crippen LogP contribution in [0.25, 0.3) is 0 Å². The van der Waals surface area contributed by atoms with Gasteiger partial charge < -0.3 is 10.0 Å². The van der Waals surface area contributed by atoms with Crippen molar-refractivity contribution >= 4 is 0 Å². The Balaban J connectivity index is 2.41. The van der Waals surface area contributed by atoms with Gasteiger partial charge in [0.25, 0.3) is 0 Å². The fourth-order valence-electron chi connectivity index (χ4n) is 2.09. The SMILES string of the molecule is CC(C)C(O)N(C)C1CCN(C)CC1. The van der Waals surface area contributed by atoms with E-state index in [2.05, 4.69) is 30.7 Å². The predicted molar refractivity (Wildman–Crippen MR) is 59.1 cm³/mol. The van der Waals surface area contributed by atoms with Gasteiger partial charge in [-0.1, -0.05) is 13.8 Å². The molecule has 0 bridgehead atoms. The number of nitrogens with zero attached hydrogens (tertiary/aromatic N) is 2. The van der Waals surface area contributed by atoms with Crippen LogP contribution in [0, 0.1) is 5.92 Å². The van der Waals surface area contributed by atoms with Crippen LogP contribution in [0.3, 0.4) is 0 Å². The third-order valence-electron chi connectivity index (χ3n) is 3.28. The van der Waals surface area contributed by atoms with Crippen molar-refractivity contribution in [1.29, 1.82) is 0 Å². The van der Waals surface area contributed by atoms with Crippen LogP contribution in [0.15, 0.2) is 0 Å². The minimum atomic E-state index is -0.289. The van der Waals surface area contributed by atoms with E-state index in [0.29, 0.717) is 12.0 Å². The maximum absolute atomic E-state index is 9.93. The van der Waals surface area contributed by atoms with E-state index in [1.54, 1.807) is 0 Å². The van der Waals surface area contributed by atoms with E-state index in [1.807, 2.05) is 7.05 Å². The molecule has 0 spiro atoms. The smallest absolute Gasteiger partial charge is 0.109 e. The van der Waals surface area contributed by atoms with Crippen molar-refractivity contribution in [2.45, 2.75) is 39.0 Å². The van der Waals surface area contributed by atoms with Gasteiger partial charge in [-0.3, -0.25) is 4.90 Å². The average molecular weight is 200 g/mol. The molecule has 1 saturated heterocycles. The summed E-state index contributed by atoms with van der Waals surface area (Å²) in [5.41, 5.74) is 0. The van der Waals surface area contributed by atoms with E-state index in [9.17, 15) is 5.11 Å². The van der Waals surface area contributed by atoms with E-state index >= 15 is 0 Å². The summed E-state index contributed by atoms with van der Waals surface area (Å²) in [6.07, 6.45) is 2.07. The Morgan fingerprint density at radius 2 is 1.79 bits per heavy atom. The fraction of sp³-hybridized carbons (Fsp3) is 1.00. The molecule has 1 rings (SSSR count). The Labute approximate surface area is 87.7 Å². The Morgan fingerprint density at radius 1 is 1.29 bits per heavy atom. The number of hydrogen-bond donors (Lipinski definition) is 1. The van der Waals surface area contributed by atoms with E-state index in [-0.39, 0.29) is 6.23 Å². The molecule has 1 N–H and O–H groups in total. The first-order chi connectivity index (χ1) is 6.52. The van der Waals surface area contributed by atoms with Crippen molar-refractivity contribution in [1.82, 2.24) is 9.80 Å². The highest BCUT2D eigenvalue weighted by Crippen LogP contribution is 2.18. The van der Waals surface area contributed by atoms with Crippen LogP contribution >= 0.6 is 0 Å². The molecule has 3 heteroatoms. The molecule has 1 aliphatic heterocycles. The third kappa shape index (κ3) is 2.94. The lowest BCUT2D eigenvalue weighted by molar-refractivity contribution is -0.0496. The molecule has 14 heavy (non-hydrogen) atoms. The maximum Gasteiger partial charge on any atom is 0.109 e. The molecule has 0 amide bonds. The predicted octanol–water partition coefficient (Wildman–Crippen LogP) is 0.987. The monoisotopic (exact) mass is 200 g/mol. The summed E-state index contributed by atoms with van der Waals surface area (Å²) in [6.45, 7) is 6.44. The largest absolute Gasteiger partial charge is 0.378 e. The highest BCUT2D eigenvalue weighted by atomic mass is 16.3. The molecule has 84 valence electrons. The number of likely N-dealkylation sites (tertiary alicyclic amines) is 1. The summed E-state index contributed by atoms with van der Waals surface area (Å²) in [6, 6.07) is 0.559. The highest BCUT2D eigenvalue weighted by Gasteiger charge is 2.25. The van der Waals surface area contributed by atoms with Crippen molar-refractivity contribution in [3.63, 3.8) is 0 Å². The molecule has 1 heterocycles. The summed E-state index contributed by atoms with van der Waals surface area (Å²) in [5.74, 6) is 0.319. The molecule has 1 atom stereocenters. The highest BCUT2D eigenvalue weighted by molar-refractivity contribution is 4.78. The number of piperidine rings is 1. The first kappa shape index (κ1) is 12.0. The molecule has 0 aromatic rings. The number of hydrogen-bond acceptors (Lipinski definition) is 3. The van der Waals surface area contributed by atoms with Crippen molar-refractivity contribution in [2.75, 3.05) is 27.2 Å². The van der Waals surface area contributed by atoms with Gasteiger partial charge in [-0.25, -0.2) is 0 Å². The minimum Gasteiger partial charge on any atom is -0.378 e. The van der Waals surface area contributed by atoms with Gasteiger partial charge in [0.1, 0.15) is 6.23 Å². The van der Waals surface area contributed by atoms with Crippen molar-refractivity contribution in [3.05, 3.63) is 0 Å². The van der Waals surface area contributed by atoms with Crippen molar-refractivity contribution < 1.29 is 5.11 Å². The molecule has 0 saturated carbocycles. The van der Waals surface area contributed by atoms with Gasteiger partial charge in [-0.15, -0.1) is 0 Å². The van der Waals surface area contributed by atoms with E-state index in [4.69, 9.17) is 0 Å². The Morgan fingerprint density at radius 3 is 2.21 bits per heavy atom. The normalized spacial score (nSPS) is 23.4. The van der Waals surface area contributed by atoms with Gasteiger partial charge >= 0.3 is 0 Å². The van der Waals surface area contributed by atoms with Crippen LogP contribution in [0.2, 0.25) is 0 Å². The van der Waals surface area contributed by atoms with E-state index in [0.717, 1.165) is 13.1 Å². The lowest BCUT2D eigenvalue weighted by Crippen LogP contribution is -2.47. The zero-order valence-electron chi connectivity index (χ0n) is 9.90. The van der Waals surface area contributed by atoms with Crippen molar-refractivity contribution in [3.8, 4) is 0 Å². The van der Waals surface area contributed by atoms with Crippen LogP contribution < -0.4 is 0 Å². The minimum absolute atomic E-state index is 0.289. The summed E-state index contributed by atoms with van der Waals surface area (Å²) in [5, 5.41) is 9.93. The lowest BCUT2D eigenvalue weighted by atomic mass is 10.0. The molecule has 0 aromatic carbocycles. The first-order valence-electron chi connectivity index (χ1n) is 5.61. The molecule has 1 unspecified atom stereocenters. The Hall–Kier alpha value is -0.120. The molecule has 3 nitrogen and oxygen atoms in total. The van der Waals surface area contributed by atoms with Gasteiger partial charge in [-0.2, -0.15) is 0 Å². The van der Waals surface area contributed by atoms with Gasteiger partial charge in [0, 0.05) is 6.04 Å². The molecular weight excluding hydrogens is 176 g/mol. The van der Waals surface area contributed by atoms with E-state index < -0.39 is 0 Å². The zero-order valence-corrected chi connectivity index (χ0v) is 9.90. The van der Waals surface area contributed by atoms with Gasteiger partial charge in [0.15, 0.2) is 0 Å². The zero-order chi connectivity index (χ0) is 10.7. The molecular formula is C11H24N2O. The maximum atomic E-state index is 9.93. The summed E-state index contributed by atoms with van der Waals surface area (Å²) in [7, 11) is 4.20.